The molecule has 0 spiro atoms. The number of amidine groups is 1. The Hall–Kier alpha value is -3.12. The Kier molecular flexibility index (Phi) is 5.11. The molecule has 3 rings (SSSR count). The van der Waals surface area contributed by atoms with Gasteiger partial charge in [0.05, 0.1) is 5.69 Å². The van der Waals surface area contributed by atoms with Crippen LogP contribution in [0.25, 0.3) is 6.08 Å². The van der Waals surface area contributed by atoms with Gasteiger partial charge in [-0.3, -0.25) is 5.10 Å². The quantitative estimate of drug-likeness (QED) is 0.483. The largest absolute Gasteiger partial charge is 0.508 e. The van der Waals surface area contributed by atoms with Crippen molar-refractivity contribution in [3.63, 3.8) is 0 Å². The lowest BCUT2D eigenvalue weighted by Gasteiger charge is -1.98. The first-order valence-corrected chi connectivity index (χ1v) is 7.93. The average molecular weight is 354 g/mol. The van der Waals surface area contributed by atoms with Crippen LogP contribution < -0.4 is 5.73 Å². The van der Waals surface area contributed by atoms with E-state index in [1.54, 1.807) is 48.6 Å². The summed E-state index contributed by atoms with van der Waals surface area (Å²) >= 11 is 5.91. The minimum Gasteiger partial charge on any atom is -0.508 e. The molecule has 0 amide bonds. The van der Waals surface area contributed by atoms with E-state index in [0.717, 1.165) is 5.56 Å². The number of hydrogen-bond acceptors (Lipinski definition) is 4. The van der Waals surface area contributed by atoms with Crippen LogP contribution in [-0.2, 0) is 6.42 Å². The highest BCUT2D eigenvalue weighted by Gasteiger charge is 2.03. The van der Waals surface area contributed by atoms with Crippen LogP contribution in [0.1, 0.15) is 17.2 Å². The minimum absolute atomic E-state index is 0.224. The zero-order valence-electron chi connectivity index (χ0n) is 13.2. The van der Waals surface area contributed by atoms with E-state index >= 15 is 0 Å². The molecular formula is C18H16ClN5O. The molecule has 3 aromatic rings. The molecule has 1 heterocycles. The third kappa shape index (κ3) is 4.92. The van der Waals surface area contributed by atoms with Crippen LogP contribution in [-0.4, -0.2) is 26.1 Å². The van der Waals surface area contributed by atoms with E-state index < -0.39 is 0 Å². The van der Waals surface area contributed by atoms with E-state index in [0.29, 0.717) is 34.6 Å². The lowest BCUT2D eigenvalue weighted by Crippen LogP contribution is -2.06. The van der Waals surface area contributed by atoms with Crippen molar-refractivity contribution in [3.8, 4) is 5.75 Å². The van der Waals surface area contributed by atoms with Crippen molar-refractivity contribution < 1.29 is 5.11 Å². The molecule has 0 atom stereocenters. The van der Waals surface area contributed by atoms with E-state index in [-0.39, 0.29) is 5.75 Å². The summed E-state index contributed by atoms with van der Waals surface area (Å²) in [4.78, 5) is 8.61. The number of benzene rings is 2. The second-order valence-electron chi connectivity index (χ2n) is 5.34. The highest BCUT2D eigenvalue weighted by molar-refractivity contribution is 6.30. The third-order valence-corrected chi connectivity index (χ3v) is 3.54. The molecule has 0 aliphatic carbocycles. The summed E-state index contributed by atoms with van der Waals surface area (Å²) in [6.45, 7) is 0. The first-order chi connectivity index (χ1) is 12.1. The molecule has 2 aromatic carbocycles. The third-order valence-electron chi connectivity index (χ3n) is 3.30. The highest BCUT2D eigenvalue weighted by atomic mass is 35.5. The fraction of sp³-hybridized carbons (Fsp3) is 0.0556. The van der Waals surface area contributed by atoms with Gasteiger partial charge in [0.1, 0.15) is 17.4 Å². The molecule has 7 heteroatoms. The standard InChI is InChI=1S/C18H16ClN5O/c19-13-4-2-5-14(11-13)21-16(20)7-8-17-22-18(24-23-17)10-12-3-1-6-15(25)9-12/h1-9,11,25H,10H2,(H2,20,21)(H,22,23,24)/b8-7-. The number of nitrogens with zero attached hydrogens (tertiary/aromatic N) is 3. The van der Waals surface area contributed by atoms with E-state index in [4.69, 9.17) is 17.3 Å². The van der Waals surface area contributed by atoms with E-state index in [2.05, 4.69) is 20.2 Å². The zero-order chi connectivity index (χ0) is 17.6. The minimum atomic E-state index is 0.224. The molecular weight excluding hydrogens is 338 g/mol. The first-order valence-electron chi connectivity index (χ1n) is 7.55. The number of hydrogen-bond donors (Lipinski definition) is 3. The van der Waals surface area contributed by atoms with Gasteiger partial charge in [-0.1, -0.05) is 29.8 Å². The summed E-state index contributed by atoms with van der Waals surface area (Å²) in [7, 11) is 0. The summed E-state index contributed by atoms with van der Waals surface area (Å²) in [5, 5.41) is 17.1. The van der Waals surface area contributed by atoms with Gasteiger partial charge in [-0.25, -0.2) is 9.98 Å². The summed E-state index contributed by atoms with van der Waals surface area (Å²) in [6.07, 6.45) is 3.84. The predicted molar refractivity (Wildman–Crippen MR) is 99.1 cm³/mol. The number of phenols is 1. The van der Waals surface area contributed by atoms with E-state index in [1.807, 2.05) is 12.1 Å². The van der Waals surface area contributed by atoms with Crippen LogP contribution in [0.2, 0.25) is 5.02 Å². The van der Waals surface area contributed by atoms with Gasteiger partial charge < -0.3 is 10.8 Å². The van der Waals surface area contributed by atoms with Crippen molar-refractivity contribution in [2.45, 2.75) is 6.42 Å². The molecule has 0 saturated heterocycles. The van der Waals surface area contributed by atoms with Gasteiger partial charge in [0.25, 0.3) is 0 Å². The van der Waals surface area contributed by atoms with Crippen molar-refractivity contribution in [3.05, 3.63) is 76.8 Å². The summed E-state index contributed by atoms with van der Waals surface area (Å²) in [5.74, 6) is 1.73. The maximum Gasteiger partial charge on any atom is 0.174 e. The Bertz CT molecular complexity index is 932. The molecule has 1 aromatic heterocycles. The van der Waals surface area contributed by atoms with Crippen LogP contribution in [0.15, 0.2) is 59.6 Å². The van der Waals surface area contributed by atoms with E-state index in [1.165, 1.54) is 0 Å². The van der Waals surface area contributed by atoms with Gasteiger partial charge in [0.2, 0.25) is 0 Å². The summed E-state index contributed by atoms with van der Waals surface area (Å²) < 4.78 is 0. The SMILES string of the molecule is NC(/C=C\c1n[nH]c(Cc2cccc(O)c2)n1)=Nc1cccc(Cl)c1. The molecule has 0 fully saturated rings. The van der Waals surface area contributed by atoms with Crippen LogP contribution >= 0.6 is 11.6 Å². The number of aliphatic imine (C=N–C) groups is 1. The number of aromatic nitrogens is 3. The molecule has 126 valence electrons. The Morgan fingerprint density at radius 3 is 2.88 bits per heavy atom. The molecule has 4 N–H and O–H groups in total. The number of halogens is 1. The Labute approximate surface area is 149 Å². The van der Waals surface area contributed by atoms with Gasteiger partial charge in [0, 0.05) is 11.4 Å². The Balaban J connectivity index is 1.67. The molecule has 0 aliphatic heterocycles. The summed E-state index contributed by atoms with van der Waals surface area (Å²) in [5.41, 5.74) is 7.49. The molecule has 0 aliphatic rings. The number of phenolic OH excluding ortho intramolecular Hbond substituents is 1. The van der Waals surface area contributed by atoms with Crippen molar-refractivity contribution in [2.24, 2.45) is 10.7 Å². The predicted octanol–water partition coefficient (Wildman–Crippen LogP) is 3.46. The van der Waals surface area contributed by atoms with Gasteiger partial charge in [-0.05, 0) is 48.0 Å². The second kappa shape index (κ2) is 7.63. The maximum atomic E-state index is 9.49. The number of aromatic amines is 1. The molecule has 6 nitrogen and oxygen atoms in total. The van der Waals surface area contributed by atoms with Crippen molar-refractivity contribution in [2.75, 3.05) is 0 Å². The van der Waals surface area contributed by atoms with Crippen LogP contribution in [0.5, 0.6) is 5.75 Å². The van der Waals surface area contributed by atoms with Crippen LogP contribution in [0, 0.1) is 0 Å². The number of nitrogens with one attached hydrogen (secondary N) is 1. The van der Waals surface area contributed by atoms with Crippen LogP contribution in [0.4, 0.5) is 5.69 Å². The smallest absolute Gasteiger partial charge is 0.174 e. The lowest BCUT2D eigenvalue weighted by atomic mass is 10.1. The van der Waals surface area contributed by atoms with Gasteiger partial charge in [-0.15, -0.1) is 0 Å². The van der Waals surface area contributed by atoms with Crippen molar-refractivity contribution >= 4 is 29.2 Å². The average Bonchev–Trinajstić information content (AvgIpc) is 3.00. The topological polar surface area (TPSA) is 100 Å². The van der Waals surface area contributed by atoms with Gasteiger partial charge >= 0.3 is 0 Å². The second-order valence-corrected chi connectivity index (χ2v) is 5.77. The summed E-state index contributed by atoms with van der Waals surface area (Å²) in [6, 6.07) is 14.1. The fourth-order valence-corrected chi connectivity index (χ4v) is 2.40. The molecule has 0 bridgehead atoms. The lowest BCUT2D eigenvalue weighted by molar-refractivity contribution is 0.474. The number of aromatic hydroxyl groups is 1. The molecule has 0 saturated carbocycles. The zero-order valence-corrected chi connectivity index (χ0v) is 14.0. The first kappa shape index (κ1) is 16.7. The van der Waals surface area contributed by atoms with E-state index in [9.17, 15) is 5.11 Å². The highest BCUT2D eigenvalue weighted by Crippen LogP contribution is 2.17. The Morgan fingerprint density at radius 1 is 1.24 bits per heavy atom. The normalized spacial score (nSPS) is 12.0. The van der Waals surface area contributed by atoms with Gasteiger partial charge in [0.15, 0.2) is 5.82 Å². The maximum absolute atomic E-state index is 9.49. The number of nitrogens with two attached hydrogens (primary N) is 1. The number of H-pyrrole nitrogens is 1. The molecule has 0 radical (unpaired) electrons. The van der Waals surface area contributed by atoms with Crippen molar-refractivity contribution in [1.29, 1.82) is 0 Å². The van der Waals surface area contributed by atoms with Gasteiger partial charge in [-0.2, -0.15) is 5.10 Å². The number of rotatable bonds is 5. The Morgan fingerprint density at radius 2 is 2.08 bits per heavy atom. The monoisotopic (exact) mass is 353 g/mol. The van der Waals surface area contributed by atoms with Crippen LogP contribution in [0.3, 0.4) is 0 Å². The van der Waals surface area contributed by atoms with Crippen molar-refractivity contribution in [1.82, 2.24) is 15.2 Å². The molecule has 0 unspecified atom stereocenters. The molecule has 25 heavy (non-hydrogen) atoms. The fourth-order valence-electron chi connectivity index (χ4n) is 2.22.